The fraction of sp³-hybridized carbons (Fsp3) is 0.167. The van der Waals surface area contributed by atoms with Gasteiger partial charge in [0.15, 0.2) is 11.5 Å². The molecule has 1 amide bonds. The van der Waals surface area contributed by atoms with Crippen LogP contribution in [-0.2, 0) is 4.79 Å². The summed E-state index contributed by atoms with van der Waals surface area (Å²) in [5.74, 6) is 0.0568. The molecule has 0 saturated carbocycles. The number of primary amides is 1. The fourth-order valence-electron chi connectivity index (χ4n) is 0.974. The van der Waals surface area contributed by atoms with Crippen molar-refractivity contribution in [1.82, 2.24) is 25.0 Å². The molecule has 72 valence electrons. The lowest BCUT2D eigenvalue weighted by molar-refractivity contribution is -0.116. The lowest BCUT2D eigenvalue weighted by atomic mass is 10.5. The number of aromatic nitrogens is 5. The smallest absolute Gasteiger partial charge is 0.236 e. The molecule has 0 aromatic carbocycles. The van der Waals surface area contributed by atoms with Gasteiger partial charge in [0.25, 0.3) is 0 Å². The van der Waals surface area contributed by atoms with Gasteiger partial charge in [-0.25, -0.2) is 0 Å². The number of nitrogens with two attached hydrogens (primary N) is 1. The van der Waals surface area contributed by atoms with E-state index in [-0.39, 0.29) is 6.54 Å². The van der Waals surface area contributed by atoms with Crippen LogP contribution in [0.1, 0.15) is 0 Å². The summed E-state index contributed by atoms with van der Waals surface area (Å²) in [7, 11) is 0. The van der Waals surface area contributed by atoms with E-state index in [4.69, 9.17) is 5.73 Å². The summed E-state index contributed by atoms with van der Waals surface area (Å²) in [5.41, 5.74) is 5.48. The monoisotopic (exact) mass is 193 g/mol. The second kappa shape index (κ2) is 3.24. The maximum absolute atomic E-state index is 10.5. The first kappa shape index (κ1) is 8.35. The summed E-state index contributed by atoms with van der Waals surface area (Å²) in [4.78, 5) is 14.4. The van der Waals surface area contributed by atoms with Crippen LogP contribution in [0.5, 0.6) is 0 Å². The molecule has 14 heavy (non-hydrogen) atoms. The number of tetrazole rings is 1. The van der Waals surface area contributed by atoms with E-state index in [0.29, 0.717) is 11.5 Å². The normalized spacial score (nSPS) is 10.3. The molecule has 0 saturated heterocycles. The second-order valence-electron chi connectivity index (χ2n) is 2.56. The molecule has 3 N–H and O–H groups in total. The number of nitrogens with one attached hydrogen (secondary N) is 1. The predicted molar refractivity (Wildman–Crippen MR) is 46.3 cm³/mol. The second-order valence-corrected chi connectivity index (χ2v) is 2.56. The van der Waals surface area contributed by atoms with E-state index < -0.39 is 5.91 Å². The lowest BCUT2D eigenvalue weighted by Crippen LogP contribution is -2.23. The van der Waals surface area contributed by atoms with Crippen LogP contribution in [0.4, 0.5) is 5.82 Å². The van der Waals surface area contributed by atoms with Crippen LogP contribution in [-0.4, -0.2) is 37.5 Å². The summed E-state index contributed by atoms with van der Waals surface area (Å²) in [6.45, 7) is 0.0145. The van der Waals surface area contributed by atoms with Crippen LogP contribution in [0.25, 0.3) is 5.65 Å². The first-order valence-electron chi connectivity index (χ1n) is 3.81. The van der Waals surface area contributed by atoms with Crippen molar-refractivity contribution >= 4 is 17.4 Å². The van der Waals surface area contributed by atoms with Gasteiger partial charge in [0.05, 0.1) is 18.9 Å². The third kappa shape index (κ3) is 1.44. The zero-order chi connectivity index (χ0) is 9.97. The Morgan fingerprint density at radius 1 is 1.57 bits per heavy atom. The molecule has 0 aliphatic rings. The molecule has 0 bridgehead atoms. The third-order valence-corrected chi connectivity index (χ3v) is 1.55. The molecule has 0 spiro atoms. The number of anilines is 1. The lowest BCUT2D eigenvalue weighted by Gasteiger charge is -2.03. The highest BCUT2D eigenvalue weighted by molar-refractivity contribution is 5.78. The van der Waals surface area contributed by atoms with Crippen molar-refractivity contribution in [2.45, 2.75) is 0 Å². The maximum atomic E-state index is 10.5. The summed E-state index contributed by atoms with van der Waals surface area (Å²) >= 11 is 0. The molecule has 0 aliphatic carbocycles. The van der Waals surface area contributed by atoms with Gasteiger partial charge < -0.3 is 11.1 Å². The van der Waals surface area contributed by atoms with Gasteiger partial charge in [0, 0.05) is 0 Å². The molecular formula is C6H7N7O. The SMILES string of the molecule is NC(=O)CNc1cncc2nnnn12. The number of nitrogens with zero attached hydrogens (tertiary/aromatic N) is 5. The van der Waals surface area contributed by atoms with E-state index in [0.717, 1.165) is 0 Å². The number of rotatable bonds is 3. The molecule has 0 fully saturated rings. The summed E-state index contributed by atoms with van der Waals surface area (Å²) in [6.07, 6.45) is 3.02. The summed E-state index contributed by atoms with van der Waals surface area (Å²) < 4.78 is 1.43. The molecule has 2 rings (SSSR count). The number of carbonyl (C=O) groups excluding carboxylic acids is 1. The quantitative estimate of drug-likeness (QED) is 0.608. The van der Waals surface area contributed by atoms with Crippen LogP contribution in [0.15, 0.2) is 12.4 Å². The Balaban J connectivity index is 2.32. The molecule has 8 heteroatoms. The van der Waals surface area contributed by atoms with E-state index >= 15 is 0 Å². The molecule has 2 heterocycles. The van der Waals surface area contributed by atoms with Crippen molar-refractivity contribution in [3.05, 3.63) is 12.4 Å². The van der Waals surface area contributed by atoms with Crippen LogP contribution in [0.3, 0.4) is 0 Å². The third-order valence-electron chi connectivity index (χ3n) is 1.55. The van der Waals surface area contributed by atoms with Gasteiger partial charge in [-0.1, -0.05) is 0 Å². The highest BCUT2D eigenvalue weighted by Gasteiger charge is 2.03. The average Bonchev–Trinajstić information content (AvgIpc) is 2.62. The van der Waals surface area contributed by atoms with Gasteiger partial charge in [-0.2, -0.15) is 4.52 Å². The molecule has 2 aromatic heterocycles. The molecule has 0 unspecified atom stereocenters. The number of hydrogen-bond donors (Lipinski definition) is 2. The van der Waals surface area contributed by atoms with Crippen LogP contribution in [0, 0.1) is 0 Å². The van der Waals surface area contributed by atoms with Crippen molar-refractivity contribution in [3.63, 3.8) is 0 Å². The zero-order valence-electron chi connectivity index (χ0n) is 7.08. The zero-order valence-corrected chi connectivity index (χ0v) is 7.08. The molecular weight excluding hydrogens is 186 g/mol. The largest absolute Gasteiger partial charge is 0.368 e. The van der Waals surface area contributed by atoms with Gasteiger partial charge >= 0.3 is 0 Å². The molecule has 8 nitrogen and oxygen atoms in total. The highest BCUT2D eigenvalue weighted by Crippen LogP contribution is 2.04. The fourth-order valence-corrected chi connectivity index (χ4v) is 0.974. The minimum absolute atomic E-state index is 0.0145. The van der Waals surface area contributed by atoms with Gasteiger partial charge in [0.2, 0.25) is 5.91 Å². The number of fused-ring (bicyclic) bond motifs is 1. The Hall–Kier alpha value is -2.25. The minimum Gasteiger partial charge on any atom is -0.368 e. The Labute approximate surface area is 78.1 Å². The Morgan fingerprint density at radius 3 is 3.21 bits per heavy atom. The standard InChI is InChI=1S/C6H7N7O/c7-4(14)1-9-5-2-8-3-6-10-11-12-13(5)6/h2-3,9H,1H2,(H2,7,14). The average molecular weight is 193 g/mol. The molecule has 2 aromatic rings. The Bertz CT molecular complexity index is 464. The van der Waals surface area contributed by atoms with E-state index in [9.17, 15) is 4.79 Å². The molecule has 0 radical (unpaired) electrons. The Kier molecular flexibility index (Phi) is 1.94. The van der Waals surface area contributed by atoms with E-state index in [1.807, 2.05) is 0 Å². The van der Waals surface area contributed by atoms with Crippen LogP contribution in [0.2, 0.25) is 0 Å². The predicted octanol–water partition coefficient (Wildman–Crippen LogP) is -1.58. The van der Waals surface area contributed by atoms with Crippen molar-refractivity contribution < 1.29 is 4.79 Å². The van der Waals surface area contributed by atoms with Crippen LogP contribution < -0.4 is 11.1 Å². The first-order valence-corrected chi connectivity index (χ1v) is 3.81. The van der Waals surface area contributed by atoms with Crippen molar-refractivity contribution in [2.75, 3.05) is 11.9 Å². The number of amides is 1. The molecule has 0 aliphatic heterocycles. The topological polar surface area (TPSA) is 111 Å². The van der Waals surface area contributed by atoms with Crippen molar-refractivity contribution in [2.24, 2.45) is 5.73 Å². The first-order chi connectivity index (χ1) is 6.77. The van der Waals surface area contributed by atoms with Gasteiger partial charge in [-0.15, -0.1) is 5.10 Å². The van der Waals surface area contributed by atoms with E-state index in [1.54, 1.807) is 0 Å². The summed E-state index contributed by atoms with van der Waals surface area (Å²) in [5, 5.41) is 13.6. The van der Waals surface area contributed by atoms with Gasteiger partial charge in [-0.3, -0.25) is 9.78 Å². The van der Waals surface area contributed by atoms with E-state index in [1.165, 1.54) is 16.9 Å². The summed E-state index contributed by atoms with van der Waals surface area (Å²) in [6, 6.07) is 0. The Morgan fingerprint density at radius 2 is 2.43 bits per heavy atom. The van der Waals surface area contributed by atoms with Gasteiger partial charge in [-0.05, 0) is 10.4 Å². The number of hydrogen-bond acceptors (Lipinski definition) is 6. The van der Waals surface area contributed by atoms with Gasteiger partial charge in [0.1, 0.15) is 0 Å². The van der Waals surface area contributed by atoms with E-state index in [2.05, 4.69) is 25.8 Å². The van der Waals surface area contributed by atoms with Crippen molar-refractivity contribution in [1.29, 1.82) is 0 Å². The number of carbonyl (C=O) groups is 1. The van der Waals surface area contributed by atoms with Crippen molar-refractivity contribution in [3.8, 4) is 0 Å². The highest BCUT2D eigenvalue weighted by atomic mass is 16.1. The van der Waals surface area contributed by atoms with Crippen LogP contribution >= 0.6 is 0 Å². The molecule has 0 atom stereocenters. The minimum atomic E-state index is -0.463. The maximum Gasteiger partial charge on any atom is 0.236 e.